The fraction of sp³-hybridized carbons (Fsp3) is 0.889. The van der Waals surface area contributed by atoms with Gasteiger partial charge in [0.15, 0.2) is 0 Å². The molecule has 1 heterocycles. The van der Waals surface area contributed by atoms with Crippen LogP contribution in [-0.2, 0) is 14.8 Å². The van der Waals surface area contributed by atoms with Crippen molar-refractivity contribution in [1.82, 2.24) is 4.31 Å². The van der Waals surface area contributed by atoms with Crippen LogP contribution in [0, 0.1) is 0 Å². The van der Waals surface area contributed by atoms with E-state index in [4.69, 9.17) is 5.11 Å². The predicted molar refractivity (Wildman–Crippen MR) is 64.2 cm³/mol. The van der Waals surface area contributed by atoms with Crippen LogP contribution in [0.15, 0.2) is 0 Å². The maximum absolute atomic E-state index is 12.0. The highest BCUT2D eigenvalue weighted by atomic mass is 32.2. The number of carboxylic acids is 1. The Morgan fingerprint density at radius 1 is 1.56 bits per heavy atom. The second kappa shape index (κ2) is 5.37. The van der Waals surface area contributed by atoms with Gasteiger partial charge in [0.25, 0.3) is 0 Å². The Kier molecular flexibility index (Phi) is 4.63. The molecule has 5 nitrogen and oxygen atoms in total. The van der Waals surface area contributed by atoms with Gasteiger partial charge in [-0.3, -0.25) is 4.79 Å². The summed E-state index contributed by atoms with van der Waals surface area (Å²) in [5.41, 5.74) is 0. The Morgan fingerprint density at radius 3 is 2.69 bits per heavy atom. The van der Waals surface area contributed by atoms with E-state index in [2.05, 4.69) is 12.6 Å². The largest absolute Gasteiger partial charge is 0.480 e. The summed E-state index contributed by atoms with van der Waals surface area (Å²) in [6, 6.07) is -0.902. The van der Waals surface area contributed by atoms with Crippen molar-refractivity contribution in [3.63, 3.8) is 0 Å². The summed E-state index contributed by atoms with van der Waals surface area (Å²) in [6.07, 6.45) is 1.88. The lowest BCUT2D eigenvalue weighted by molar-refractivity contribution is -0.142. The monoisotopic (exact) mass is 267 g/mol. The minimum atomic E-state index is -3.53. The van der Waals surface area contributed by atoms with Crippen LogP contribution in [0.4, 0.5) is 0 Å². The van der Waals surface area contributed by atoms with Gasteiger partial charge in [0.1, 0.15) is 6.04 Å². The first-order chi connectivity index (χ1) is 7.41. The van der Waals surface area contributed by atoms with E-state index in [1.54, 1.807) is 6.92 Å². The van der Waals surface area contributed by atoms with E-state index in [1.165, 1.54) is 0 Å². The number of hydrogen-bond acceptors (Lipinski definition) is 4. The summed E-state index contributed by atoms with van der Waals surface area (Å²) in [5.74, 6) is -0.861. The first kappa shape index (κ1) is 13.8. The molecule has 94 valence electrons. The average Bonchev–Trinajstić information content (AvgIpc) is 2.27. The second-order valence-electron chi connectivity index (χ2n) is 4.00. The quantitative estimate of drug-likeness (QED) is 0.730. The lowest BCUT2D eigenvalue weighted by Crippen LogP contribution is -2.50. The lowest BCUT2D eigenvalue weighted by atomic mass is 10.1. The molecule has 1 aliphatic heterocycles. The molecule has 0 spiro atoms. The highest BCUT2D eigenvalue weighted by Gasteiger charge is 2.38. The molecule has 1 aliphatic rings. The highest BCUT2D eigenvalue weighted by Crippen LogP contribution is 2.23. The molecule has 7 heteroatoms. The van der Waals surface area contributed by atoms with Crippen molar-refractivity contribution < 1.29 is 18.3 Å². The highest BCUT2D eigenvalue weighted by molar-refractivity contribution is 7.91. The first-order valence-corrected chi connectivity index (χ1v) is 7.39. The Bertz CT molecular complexity index is 355. The third-order valence-electron chi connectivity index (χ3n) is 2.83. The Labute approximate surface area is 101 Å². The molecule has 0 bridgehead atoms. The zero-order valence-corrected chi connectivity index (χ0v) is 10.9. The van der Waals surface area contributed by atoms with Crippen molar-refractivity contribution in [2.45, 2.75) is 37.5 Å². The number of aliphatic carboxylic acids is 1. The van der Waals surface area contributed by atoms with Crippen LogP contribution in [0.3, 0.4) is 0 Å². The van der Waals surface area contributed by atoms with E-state index >= 15 is 0 Å². The molecule has 0 aliphatic carbocycles. The van der Waals surface area contributed by atoms with Gasteiger partial charge in [0, 0.05) is 12.3 Å². The van der Waals surface area contributed by atoms with E-state index < -0.39 is 27.3 Å². The number of thiol groups is 1. The summed E-state index contributed by atoms with van der Waals surface area (Å²) < 4.78 is 25.2. The van der Waals surface area contributed by atoms with Crippen LogP contribution in [0.1, 0.15) is 26.2 Å². The van der Waals surface area contributed by atoms with Gasteiger partial charge >= 0.3 is 5.97 Å². The third kappa shape index (κ3) is 2.70. The average molecular weight is 267 g/mol. The fourth-order valence-electron chi connectivity index (χ4n) is 1.78. The number of sulfonamides is 1. The normalized spacial score (nSPS) is 25.2. The summed E-state index contributed by atoms with van der Waals surface area (Å²) in [5, 5.41) is 8.36. The van der Waals surface area contributed by atoms with Crippen molar-refractivity contribution in [3.05, 3.63) is 0 Å². The summed E-state index contributed by atoms with van der Waals surface area (Å²) in [6.45, 7) is 1.85. The van der Waals surface area contributed by atoms with Gasteiger partial charge in [-0.25, -0.2) is 8.42 Å². The zero-order valence-electron chi connectivity index (χ0n) is 9.16. The van der Waals surface area contributed by atoms with Crippen molar-refractivity contribution in [1.29, 1.82) is 0 Å². The minimum absolute atomic E-state index is 0.200. The molecule has 1 N–H and O–H groups in total. The van der Waals surface area contributed by atoms with Crippen molar-refractivity contribution in [2.75, 3.05) is 12.3 Å². The van der Waals surface area contributed by atoms with Gasteiger partial charge < -0.3 is 5.11 Å². The topological polar surface area (TPSA) is 74.7 Å². The number of carbonyl (C=O) groups is 1. The molecule has 1 fully saturated rings. The van der Waals surface area contributed by atoms with Crippen molar-refractivity contribution in [3.8, 4) is 0 Å². The molecule has 0 aromatic rings. The number of piperidine rings is 1. The molecule has 0 aromatic carbocycles. The van der Waals surface area contributed by atoms with Gasteiger partial charge in [-0.1, -0.05) is 0 Å². The molecule has 0 aromatic heterocycles. The van der Waals surface area contributed by atoms with Crippen LogP contribution in [0.2, 0.25) is 0 Å². The lowest BCUT2D eigenvalue weighted by Gasteiger charge is -2.33. The summed E-state index contributed by atoms with van der Waals surface area (Å²) in [7, 11) is -3.53. The Balaban J connectivity index is 2.95. The molecule has 2 atom stereocenters. The molecule has 0 amide bonds. The van der Waals surface area contributed by atoms with Crippen molar-refractivity contribution in [2.24, 2.45) is 0 Å². The predicted octanol–water partition coefficient (Wildman–Crippen LogP) is 0.574. The van der Waals surface area contributed by atoms with Crippen LogP contribution in [0.5, 0.6) is 0 Å². The molecular weight excluding hydrogens is 250 g/mol. The second-order valence-corrected chi connectivity index (χ2v) is 6.67. The van der Waals surface area contributed by atoms with E-state index in [0.717, 1.165) is 17.1 Å². The van der Waals surface area contributed by atoms with Gasteiger partial charge in [-0.15, -0.1) is 0 Å². The molecule has 1 rings (SSSR count). The van der Waals surface area contributed by atoms with E-state index in [0.29, 0.717) is 13.0 Å². The molecular formula is C9H17NO4S2. The fourth-order valence-corrected chi connectivity index (χ4v) is 3.93. The third-order valence-corrected chi connectivity index (χ3v) is 5.90. The van der Waals surface area contributed by atoms with Crippen molar-refractivity contribution >= 4 is 28.6 Å². The number of carboxylic acid groups (broad SMARTS) is 1. The van der Waals surface area contributed by atoms with Crippen LogP contribution < -0.4 is 0 Å². The van der Waals surface area contributed by atoms with Crippen LogP contribution in [0.25, 0.3) is 0 Å². The molecule has 0 saturated carbocycles. The van der Waals surface area contributed by atoms with Gasteiger partial charge in [0.2, 0.25) is 10.0 Å². The summed E-state index contributed by atoms with van der Waals surface area (Å²) >= 11 is 3.96. The Hall–Kier alpha value is -0.270. The van der Waals surface area contributed by atoms with Crippen LogP contribution >= 0.6 is 12.6 Å². The van der Waals surface area contributed by atoms with E-state index in [1.807, 2.05) is 0 Å². The maximum atomic E-state index is 12.0. The molecule has 16 heavy (non-hydrogen) atoms. The number of nitrogens with zero attached hydrogens (tertiary/aromatic N) is 1. The zero-order chi connectivity index (χ0) is 12.3. The molecule has 0 radical (unpaired) electrons. The summed E-state index contributed by atoms with van der Waals surface area (Å²) in [4.78, 5) is 11.0. The first-order valence-electron chi connectivity index (χ1n) is 5.25. The van der Waals surface area contributed by atoms with Gasteiger partial charge in [-0.05, 0) is 26.2 Å². The van der Waals surface area contributed by atoms with E-state index in [9.17, 15) is 13.2 Å². The standard InChI is InChI=1S/C9H17NO4S2/c1-7(6-15)16(13,14)10-5-3-2-4-8(10)9(11)12/h7-8,15H,2-6H2,1H3,(H,11,12). The van der Waals surface area contributed by atoms with Crippen LogP contribution in [-0.4, -0.2) is 47.4 Å². The molecule has 2 unspecified atom stereocenters. The number of hydrogen-bond donors (Lipinski definition) is 2. The SMILES string of the molecule is CC(CS)S(=O)(=O)N1CCCCC1C(=O)O. The molecule has 1 saturated heterocycles. The Morgan fingerprint density at radius 2 is 2.19 bits per heavy atom. The van der Waals surface area contributed by atoms with Gasteiger partial charge in [-0.2, -0.15) is 16.9 Å². The smallest absolute Gasteiger partial charge is 0.322 e. The maximum Gasteiger partial charge on any atom is 0.322 e. The minimum Gasteiger partial charge on any atom is -0.480 e. The van der Waals surface area contributed by atoms with Gasteiger partial charge in [0.05, 0.1) is 5.25 Å². The number of rotatable bonds is 4. The van der Waals surface area contributed by atoms with E-state index in [-0.39, 0.29) is 5.75 Å².